The molecule has 0 bridgehead atoms. The van der Waals surface area contributed by atoms with Gasteiger partial charge < -0.3 is 14.8 Å². The largest absolute Gasteiger partial charge is 0.496 e. The first-order valence-electron chi connectivity index (χ1n) is 11.7. The van der Waals surface area contributed by atoms with Gasteiger partial charge in [0.2, 0.25) is 0 Å². The van der Waals surface area contributed by atoms with Gasteiger partial charge in [0.1, 0.15) is 11.5 Å². The van der Waals surface area contributed by atoms with Gasteiger partial charge in [0, 0.05) is 17.2 Å². The number of rotatable bonds is 6. The number of hydrogen-bond donors (Lipinski definition) is 1. The summed E-state index contributed by atoms with van der Waals surface area (Å²) in [5, 5.41) is 3.86. The Morgan fingerprint density at radius 2 is 1.34 bits per heavy atom. The van der Waals surface area contributed by atoms with Gasteiger partial charge in [-0.25, -0.2) is 0 Å². The van der Waals surface area contributed by atoms with E-state index in [-0.39, 0.29) is 0 Å². The second kappa shape index (κ2) is 9.19. The number of benzene rings is 4. The molecule has 1 aliphatic rings. The fraction of sp³-hybridized carbons (Fsp3) is 0.125. The van der Waals surface area contributed by atoms with Crippen LogP contribution >= 0.6 is 0 Å². The molecule has 1 heterocycles. The average molecular weight is 460 g/mol. The van der Waals surface area contributed by atoms with Crippen molar-refractivity contribution in [3.63, 3.8) is 0 Å². The van der Waals surface area contributed by atoms with Gasteiger partial charge in [-0.3, -0.25) is 0 Å². The molecule has 0 aliphatic carbocycles. The Balaban J connectivity index is 1.84. The van der Waals surface area contributed by atoms with Crippen LogP contribution in [-0.2, 0) is 5.54 Å². The standard InChI is InChI=1S/C32H29NO2/c1-22(23-14-8-5-9-15-23)29-27(34-3)20-28(35-4)30-26(24-16-10-6-11-17-24)21-32(2,33-31(29)30)25-18-12-7-13-19-25/h5-21,33H,1H2,2-4H3. The molecule has 0 spiro atoms. The first-order chi connectivity index (χ1) is 17.1. The van der Waals surface area contributed by atoms with Gasteiger partial charge in [0.05, 0.1) is 25.4 Å². The summed E-state index contributed by atoms with van der Waals surface area (Å²) >= 11 is 0. The van der Waals surface area contributed by atoms with Crippen LogP contribution < -0.4 is 14.8 Å². The fourth-order valence-corrected chi connectivity index (χ4v) is 4.87. The molecule has 0 radical (unpaired) electrons. The molecule has 35 heavy (non-hydrogen) atoms. The lowest BCUT2D eigenvalue weighted by Gasteiger charge is -2.38. The summed E-state index contributed by atoms with van der Waals surface area (Å²) in [6.45, 7) is 6.71. The molecule has 0 saturated heterocycles. The summed E-state index contributed by atoms with van der Waals surface area (Å²) in [6.07, 6.45) is 2.30. The number of fused-ring (bicyclic) bond motifs is 1. The second-order valence-electron chi connectivity index (χ2n) is 8.87. The number of anilines is 1. The van der Waals surface area contributed by atoms with Gasteiger partial charge in [-0.15, -0.1) is 0 Å². The molecular weight excluding hydrogens is 430 g/mol. The maximum Gasteiger partial charge on any atom is 0.132 e. The minimum Gasteiger partial charge on any atom is -0.496 e. The van der Waals surface area contributed by atoms with Crippen LogP contribution in [0.1, 0.15) is 34.7 Å². The van der Waals surface area contributed by atoms with Crippen LogP contribution in [0, 0.1) is 0 Å². The van der Waals surface area contributed by atoms with Crippen LogP contribution in [0.5, 0.6) is 11.5 Å². The predicted molar refractivity (Wildman–Crippen MR) is 145 cm³/mol. The van der Waals surface area contributed by atoms with E-state index in [1.807, 2.05) is 36.4 Å². The van der Waals surface area contributed by atoms with Crippen molar-refractivity contribution in [3.8, 4) is 11.5 Å². The fourth-order valence-electron chi connectivity index (χ4n) is 4.87. The van der Waals surface area contributed by atoms with E-state index in [0.29, 0.717) is 5.75 Å². The Morgan fingerprint density at radius 3 is 1.94 bits per heavy atom. The number of hydrogen-bond acceptors (Lipinski definition) is 3. The van der Waals surface area contributed by atoms with Crippen LogP contribution in [0.3, 0.4) is 0 Å². The van der Waals surface area contributed by atoms with E-state index in [1.54, 1.807) is 14.2 Å². The Labute approximate surface area is 207 Å². The highest BCUT2D eigenvalue weighted by Gasteiger charge is 2.36. The van der Waals surface area contributed by atoms with E-state index in [9.17, 15) is 0 Å². The van der Waals surface area contributed by atoms with Crippen LogP contribution in [0.2, 0.25) is 0 Å². The Morgan fingerprint density at radius 1 is 0.771 bits per heavy atom. The number of methoxy groups -OCH3 is 2. The summed E-state index contributed by atoms with van der Waals surface area (Å²) < 4.78 is 11.8. The van der Waals surface area contributed by atoms with Gasteiger partial charge in [0.15, 0.2) is 0 Å². The van der Waals surface area contributed by atoms with Gasteiger partial charge in [-0.1, -0.05) is 97.6 Å². The molecular formula is C32H29NO2. The maximum atomic E-state index is 5.93. The van der Waals surface area contributed by atoms with Crippen molar-refractivity contribution in [3.05, 3.63) is 138 Å². The van der Waals surface area contributed by atoms with Crippen LogP contribution in [0.15, 0.2) is 110 Å². The highest BCUT2D eigenvalue weighted by Crippen LogP contribution is 2.52. The molecule has 0 aromatic heterocycles. The lowest BCUT2D eigenvalue weighted by Crippen LogP contribution is -2.34. The normalized spacial score (nSPS) is 16.5. The third-order valence-corrected chi connectivity index (χ3v) is 6.66. The topological polar surface area (TPSA) is 30.5 Å². The van der Waals surface area contributed by atoms with Crippen molar-refractivity contribution in [1.29, 1.82) is 0 Å². The molecule has 1 unspecified atom stereocenters. The van der Waals surface area contributed by atoms with Crippen LogP contribution in [0.4, 0.5) is 5.69 Å². The molecule has 0 fully saturated rings. The molecule has 5 rings (SSSR count). The SMILES string of the molecule is C=C(c1ccccc1)c1c(OC)cc(OC)c2c1NC(C)(c1ccccc1)C=C2c1ccccc1. The van der Waals surface area contributed by atoms with Crippen molar-refractivity contribution in [2.75, 3.05) is 19.5 Å². The average Bonchev–Trinajstić information content (AvgIpc) is 2.92. The molecule has 3 heteroatoms. The summed E-state index contributed by atoms with van der Waals surface area (Å²) in [5.41, 5.74) is 7.72. The van der Waals surface area contributed by atoms with Crippen LogP contribution in [0.25, 0.3) is 11.1 Å². The van der Waals surface area contributed by atoms with Gasteiger partial charge in [0.25, 0.3) is 0 Å². The second-order valence-corrected chi connectivity index (χ2v) is 8.87. The Kier molecular flexibility index (Phi) is 5.92. The molecule has 0 amide bonds. The number of ether oxygens (including phenoxy) is 2. The van der Waals surface area contributed by atoms with E-state index in [1.165, 1.54) is 0 Å². The highest BCUT2D eigenvalue weighted by atomic mass is 16.5. The monoisotopic (exact) mass is 459 g/mol. The lowest BCUT2D eigenvalue weighted by atomic mass is 9.79. The van der Waals surface area contributed by atoms with Crippen molar-refractivity contribution in [2.45, 2.75) is 12.5 Å². The first-order valence-corrected chi connectivity index (χ1v) is 11.7. The molecule has 0 saturated carbocycles. The van der Waals surface area contributed by atoms with E-state index in [2.05, 4.69) is 85.6 Å². The predicted octanol–water partition coefficient (Wildman–Crippen LogP) is 7.54. The third-order valence-electron chi connectivity index (χ3n) is 6.66. The molecule has 1 aliphatic heterocycles. The van der Waals surface area contributed by atoms with Crippen molar-refractivity contribution < 1.29 is 9.47 Å². The molecule has 174 valence electrons. The van der Waals surface area contributed by atoms with E-state index in [0.717, 1.165) is 50.4 Å². The molecule has 4 aromatic carbocycles. The lowest BCUT2D eigenvalue weighted by molar-refractivity contribution is 0.392. The molecule has 1 atom stereocenters. The van der Waals surface area contributed by atoms with E-state index in [4.69, 9.17) is 9.47 Å². The summed E-state index contributed by atoms with van der Waals surface area (Å²) in [5.74, 6) is 1.46. The zero-order valence-electron chi connectivity index (χ0n) is 20.3. The van der Waals surface area contributed by atoms with Gasteiger partial charge >= 0.3 is 0 Å². The van der Waals surface area contributed by atoms with E-state index < -0.39 is 5.54 Å². The number of nitrogens with one attached hydrogen (secondary N) is 1. The molecule has 1 N–H and O–H groups in total. The van der Waals surface area contributed by atoms with Crippen molar-refractivity contribution >= 4 is 16.8 Å². The van der Waals surface area contributed by atoms with E-state index >= 15 is 0 Å². The zero-order valence-corrected chi connectivity index (χ0v) is 20.3. The van der Waals surface area contributed by atoms with Crippen molar-refractivity contribution in [2.24, 2.45) is 0 Å². The first kappa shape index (κ1) is 22.5. The molecule has 4 aromatic rings. The van der Waals surface area contributed by atoms with Gasteiger partial charge in [-0.2, -0.15) is 0 Å². The minimum absolute atomic E-state index is 0.470. The summed E-state index contributed by atoms with van der Waals surface area (Å²) in [4.78, 5) is 0. The quantitative estimate of drug-likeness (QED) is 0.323. The zero-order chi connectivity index (χ0) is 24.4. The Hall–Kier alpha value is -4.24. The van der Waals surface area contributed by atoms with Crippen molar-refractivity contribution in [1.82, 2.24) is 0 Å². The maximum absolute atomic E-state index is 5.93. The summed E-state index contributed by atoms with van der Waals surface area (Å²) in [6, 6.07) is 33.1. The third kappa shape index (κ3) is 4.00. The smallest absolute Gasteiger partial charge is 0.132 e. The summed E-state index contributed by atoms with van der Waals surface area (Å²) in [7, 11) is 3.39. The van der Waals surface area contributed by atoms with Crippen LogP contribution in [-0.4, -0.2) is 14.2 Å². The highest BCUT2D eigenvalue weighted by molar-refractivity contribution is 6.00. The minimum atomic E-state index is -0.470. The van der Waals surface area contributed by atoms with Gasteiger partial charge in [-0.05, 0) is 40.8 Å². The molecule has 3 nitrogen and oxygen atoms in total. The Bertz CT molecular complexity index is 1390.